The molecule has 166 valence electrons. The van der Waals surface area contributed by atoms with E-state index >= 15 is 0 Å². The molecular formula is C24H28N6O2. The lowest BCUT2D eigenvalue weighted by Gasteiger charge is -2.43. The Balaban J connectivity index is 1.25. The number of aliphatic hydroxyl groups excluding tert-OH is 1. The molecule has 2 aliphatic heterocycles. The van der Waals surface area contributed by atoms with Gasteiger partial charge < -0.3 is 20.1 Å². The van der Waals surface area contributed by atoms with Crippen LogP contribution in [0.25, 0.3) is 0 Å². The minimum Gasteiger partial charge on any atom is -0.493 e. The molecule has 5 rings (SSSR count). The highest BCUT2D eigenvalue weighted by Crippen LogP contribution is 2.29. The van der Waals surface area contributed by atoms with E-state index in [-0.39, 0.29) is 6.04 Å². The van der Waals surface area contributed by atoms with Crippen LogP contribution in [0.3, 0.4) is 0 Å². The number of benzene rings is 1. The van der Waals surface area contributed by atoms with Crippen molar-refractivity contribution in [2.24, 2.45) is 0 Å². The second-order valence-corrected chi connectivity index (χ2v) is 8.32. The summed E-state index contributed by atoms with van der Waals surface area (Å²) in [6.45, 7) is 3.30. The molecule has 32 heavy (non-hydrogen) atoms. The molecule has 1 fully saturated rings. The summed E-state index contributed by atoms with van der Waals surface area (Å²) < 4.78 is 5.35. The Morgan fingerprint density at radius 2 is 2.00 bits per heavy atom. The van der Waals surface area contributed by atoms with Crippen molar-refractivity contribution in [1.82, 2.24) is 19.9 Å². The van der Waals surface area contributed by atoms with Gasteiger partial charge in [0, 0.05) is 44.5 Å². The molecule has 0 bridgehead atoms. The Bertz CT molecular complexity index is 1080. The third-order valence-electron chi connectivity index (χ3n) is 6.42. The predicted octanol–water partition coefficient (Wildman–Crippen LogP) is 2.62. The molecule has 2 aliphatic rings. The molecule has 4 heterocycles. The second-order valence-electron chi connectivity index (χ2n) is 8.32. The molecule has 2 unspecified atom stereocenters. The highest BCUT2D eigenvalue weighted by atomic mass is 16.5. The van der Waals surface area contributed by atoms with Gasteiger partial charge in [-0.1, -0.05) is 24.3 Å². The second kappa shape index (κ2) is 9.10. The normalized spacial score (nSPS) is 21.1. The van der Waals surface area contributed by atoms with E-state index in [0.29, 0.717) is 18.1 Å². The monoisotopic (exact) mass is 432 g/mol. The number of fused-ring (bicyclic) bond motifs is 1. The van der Waals surface area contributed by atoms with Crippen molar-refractivity contribution in [1.29, 1.82) is 0 Å². The Morgan fingerprint density at radius 1 is 1.12 bits per heavy atom. The van der Waals surface area contributed by atoms with Crippen LogP contribution in [0.5, 0.6) is 5.75 Å². The summed E-state index contributed by atoms with van der Waals surface area (Å²) in [6, 6.07) is 12.5. The van der Waals surface area contributed by atoms with E-state index in [9.17, 15) is 5.11 Å². The zero-order chi connectivity index (χ0) is 21.9. The number of methoxy groups -OCH3 is 1. The number of piperidine rings is 1. The van der Waals surface area contributed by atoms with Crippen molar-refractivity contribution in [3.05, 3.63) is 66.2 Å². The van der Waals surface area contributed by atoms with Crippen LogP contribution in [0.2, 0.25) is 0 Å². The fraction of sp³-hybridized carbons (Fsp3) is 0.375. The molecule has 0 aliphatic carbocycles. The van der Waals surface area contributed by atoms with E-state index in [0.717, 1.165) is 44.0 Å². The van der Waals surface area contributed by atoms with Gasteiger partial charge in [0.15, 0.2) is 5.75 Å². The van der Waals surface area contributed by atoms with Gasteiger partial charge in [-0.3, -0.25) is 9.88 Å². The Kier molecular flexibility index (Phi) is 5.87. The lowest BCUT2D eigenvalue weighted by molar-refractivity contribution is 0.0293. The fourth-order valence-electron chi connectivity index (χ4n) is 4.73. The van der Waals surface area contributed by atoms with Crippen LogP contribution < -0.4 is 15.0 Å². The van der Waals surface area contributed by atoms with Crippen LogP contribution >= 0.6 is 0 Å². The van der Waals surface area contributed by atoms with Gasteiger partial charge in [0.25, 0.3) is 0 Å². The molecule has 2 atom stereocenters. The van der Waals surface area contributed by atoms with Crippen molar-refractivity contribution in [2.45, 2.75) is 31.5 Å². The molecule has 1 aromatic carbocycles. The van der Waals surface area contributed by atoms with E-state index < -0.39 is 6.10 Å². The fourth-order valence-corrected chi connectivity index (χ4v) is 4.73. The number of hydrogen-bond donors (Lipinski definition) is 2. The van der Waals surface area contributed by atoms with Crippen molar-refractivity contribution >= 4 is 17.3 Å². The molecule has 2 aromatic heterocycles. The average molecular weight is 433 g/mol. The number of pyridine rings is 1. The number of nitrogens with one attached hydrogen (secondary N) is 1. The summed E-state index contributed by atoms with van der Waals surface area (Å²) in [5.41, 5.74) is 3.60. The van der Waals surface area contributed by atoms with Crippen molar-refractivity contribution in [3.8, 4) is 5.75 Å². The number of anilines is 3. The number of β-amino-alcohol motifs (C(OH)–C–C–N with tert-alkyl or cyclic N) is 1. The first-order chi connectivity index (χ1) is 15.7. The van der Waals surface area contributed by atoms with Crippen LogP contribution in [0.15, 0.2) is 55.1 Å². The van der Waals surface area contributed by atoms with Gasteiger partial charge in [-0.05, 0) is 30.0 Å². The first-order valence-electron chi connectivity index (χ1n) is 11.0. The molecular weight excluding hydrogens is 404 g/mol. The van der Waals surface area contributed by atoms with E-state index in [2.05, 4.69) is 54.3 Å². The van der Waals surface area contributed by atoms with Gasteiger partial charge in [0.2, 0.25) is 0 Å². The number of aliphatic hydroxyl groups is 1. The van der Waals surface area contributed by atoms with Gasteiger partial charge in [-0.2, -0.15) is 0 Å². The molecule has 0 saturated carbocycles. The molecule has 8 nitrogen and oxygen atoms in total. The topological polar surface area (TPSA) is 86.6 Å². The molecule has 3 aromatic rings. The first kappa shape index (κ1) is 20.7. The molecule has 1 saturated heterocycles. The van der Waals surface area contributed by atoms with Crippen molar-refractivity contribution in [2.75, 3.05) is 37.0 Å². The van der Waals surface area contributed by atoms with E-state index in [1.807, 2.05) is 12.1 Å². The third kappa shape index (κ3) is 4.24. The Morgan fingerprint density at radius 3 is 2.84 bits per heavy atom. The summed E-state index contributed by atoms with van der Waals surface area (Å²) in [6.07, 6.45) is 6.42. The van der Waals surface area contributed by atoms with E-state index in [4.69, 9.17) is 4.74 Å². The van der Waals surface area contributed by atoms with E-state index in [1.165, 1.54) is 11.1 Å². The standard InChI is InChI=1S/C24H28N6O2/c1-32-22-13-25-9-6-19(22)28-23-12-24(27-16-26-23)30-11-8-20(21(31)15-30)29-10-7-17-4-2-3-5-18(17)14-29/h2-6,9,12-13,16,20-21,31H,7-8,10-11,14-15H2,1H3,(H,25,26,27,28). The molecule has 2 N–H and O–H groups in total. The van der Waals surface area contributed by atoms with Crippen LogP contribution in [0.1, 0.15) is 17.5 Å². The quantitative estimate of drug-likeness (QED) is 0.636. The largest absolute Gasteiger partial charge is 0.493 e. The van der Waals surface area contributed by atoms with Crippen molar-refractivity contribution < 1.29 is 9.84 Å². The predicted molar refractivity (Wildman–Crippen MR) is 123 cm³/mol. The molecule has 0 radical (unpaired) electrons. The number of rotatable bonds is 5. The van der Waals surface area contributed by atoms with Gasteiger partial charge in [-0.25, -0.2) is 9.97 Å². The van der Waals surface area contributed by atoms with Crippen LogP contribution in [-0.2, 0) is 13.0 Å². The lowest BCUT2D eigenvalue weighted by Crippen LogP contribution is -2.55. The molecule has 8 heteroatoms. The highest BCUT2D eigenvalue weighted by Gasteiger charge is 2.34. The maximum atomic E-state index is 11.0. The molecule has 0 spiro atoms. The SMILES string of the molecule is COc1cnccc1Nc1cc(N2CCC(N3CCc4ccccc4C3)C(O)C2)ncn1. The zero-order valence-corrected chi connectivity index (χ0v) is 18.2. The van der Waals surface area contributed by atoms with Crippen LogP contribution in [0, 0.1) is 0 Å². The summed E-state index contributed by atoms with van der Waals surface area (Å²) in [5, 5.41) is 14.3. The van der Waals surface area contributed by atoms with Gasteiger partial charge in [-0.15, -0.1) is 0 Å². The number of aromatic nitrogens is 3. The first-order valence-corrected chi connectivity index (χ1v) is 11.0. The van der Waals surface area contributed by atoms with E-state index in [1.54, 1.807) is 25.8 Å². The highest BCUT2D eigenvalue weighted by molar-refractivity contribution is 5.64. The van der Waals surface area contributed by atoms with Gasteiger partial charge in [0.1, 0.15) is 18.0 Å². The number of ether oxygens (including phenoxy) is 1. The average Bonchev–Trinajstić information content (AvgIpc) is 2.84. The Labute approximate surface area is 187 Å². The maximum Gasteiger partial charge on any atom is 0.160 e. The van der Waals surface area contributed by atoms with Crippen molar-refractivity contribution in [3.63, 3.8) is 0 Å². The van der Waals surface area contributed by atoms with Gasteiger partial charge in [0.05, 0.1) is 25.1 Å². The summed E-state index contributed by atoms with van der Waals surface area (Å²) in [4.78, 5) is 17.4. The summed E-state index contributed by atoms with van der Waals surface area (Å²) >= 11 is 0. The van der Waals surface area contributed by atoms with Gasteiger partial charge >= 0.3 is 0 Å². The third-order valence-corrected chi connectivity index (χ3v) is 6.42. The molecule has 0 amide bonds. The maximum absolute atomic E-state index is 11.0. The number of hydrogen-bond acceptors (Lipinski definition) is 8. The van der Waals surface area contributed by atoms with Crippen LogP contribution in [-0.4, -0.2) is 63.8 Å². The lowest BCUT2D eigenvalue weighted by atomic mass is 9.94. The van der Waals surface area contributed by atoms with Crippen LogP contribution in [0.4, 0.5) is 17.3 Å². The summed E-state index contributed by atoms with van der Waals surface area (Å²) in [7, 11) is 1.61. The Hall–Kier alpha value is -3.23. The minimum absolute atomic E-state index is 0.167. The summed E-state index contributed by atoms with van der Waals surface area (Å²) in [5.74, 6) is 2.12. The number of nitrogens with zero attached hydrogens (tertiary/aromatic N) is 5. The minimum atomic E-state index is -0.430. The zero-order valence-electron chi connectivity index (χ0n) is 18.2. The smallest absolute Gasteiger partial charge is 0.160 e.